The van der Waals surface area contributed by atoms with Crippen LogP contribution in [0.4, 0.5) is 0 Å². The maximum atomic E-state index is 6.20. The van der Waals surface area contributed by atoms with Crippen molar-refractivity contribution in [2.24, 2.45) is 5.73 Å². The van der Waals surface area contributed by atoms with E-state index >= 15 is 0 Å². The van der Waals surface area contributed by atoms with Gasteiger partial charge in [0.1, 0.15) is 13.2 Å². The number of rotatable bonds is 2. The van der Waals surface area contributed by atoms with Crippen LogP contribution in [-0.4, -0.2) is 18.8 Å². The molecule has 1 saturated carbocycles. The van der Waals surface area contributed by atoms with E-state index in [9.17, 15) is 0 Å². The Bertz CT molecular complexity index is 429. The number of ether oxygens (including phenoxy) is 2. The van der Waals surface area contributed by atoms with Crippen molar-refractivity contribution in [1.29, 1.82) is 0 Å². The van der Waals surface area contributed by atoms with Gasteiger partial charge in [-0.05, 0) is 30.9 Å². The molecule has 0 bridgehead atoms. The summed E-state index contributed by atoms with van der Waals surface area (Å²) in [5.74, 6) is 1.52. The second-order valence-corrected chi connectivity index (χ2v) is 5.03. The van der Waals surface area contributed by atoms with E-state index in [1.807, 2.05) is 12.1 Å². The molecule has 0 unspecified atom stereocenters. The number of halogens is 1. The maximum absolute atomic E-state index is 6.20. The molecule has 0 radical (unpaired) electrons. The highest BCUT2D eigenvalue weighted by molar-refractivity contribution is 6.31. The first-order valence-corrected chi connectivity index (χ1v) is 5.91. The zero-order valence-electron chi connectivity index (χ0n) is 8.96. The molecule has 1 fully saturated rings. The fraction of sp³-hybridized carbons (Fsp3) is 0.500. The van der Waals surface area contributed by atoms with Crippen molar-refractivity contribution >= 4 is 11.6 Å². The summed E-state index contributed by atoms with van der Waals surface area (Å²) in [6, 6.07) is 3.79. The van der Waals surface area contributed by atoms with Gasteiger partial charge in [-0.1, -0.05) is 11.6 Å². The lowest BCUT2D eigenvalue weighted by atomic mass is 10.0. The third kappa shape index (κ3) is 1.85. The summed E-state index contributed by atoms with van der Waals surface area (Å²) in [6.45, 7) is 1.19. The molecular weight excluding hydrogens is 226 g/mol. The Morgan fingerprint density at radius 1 is 1.19 bits per heavy atom. The summed E-state index contributed by atoms with van der Waals surface area (Å²) in [5.41, 5.74) is 7.12. The van der Waals surface area contributed by atoms with E-state index in [2.05, 4.69) is 0 Å². The fourth-order valence-electron chi connectivity index (χ4n) is 1.96. The Hall–Kier alpha value is -0.930. The Labute approximate surface area is 99.5 Å². The van der Waals surface area contributed by atoms with Gasteiger partial charge in [0.15, 0.2) is 11.5 Å². The van der Waals surface area contributed by atoms with E-state index < -0.39 is 0 Å². The lowest BCUT2D eigenvalue weighted by Gasteiger charge is -2.20. The summed E-state index contributed by atoms with van der Waals surface area (Å²) >= 11 is 6.20. The van der Waals surface area contributed by atoms with Gasteiger partial charge in [0.25, 0.3) is 0 Å². The predicted molar refractivity (Wildman–Crippen MR) is 62.3 cm³/mol. The second-order valence-electron chi connectivity index (χ2n) is 4.63. The molecule has 1 aliphatic heterocycles. The van der Waals surface area contributed by atoms with Crippen molar-refractivity contribution in [3.63, 3.8) is 0 Å². The number of hydrogen-bond donors (Lipinski definition) is 1. The maximum Gasteiger partial charge on any atom is 0.162 e. The van der Waals surface area contributed by atoms with E-state index in [4.69, 9.17) is 26.8 Å². The van der Waals surface area contributed by atoms with Gasteiger partial charge in [0, 0.05) is 16.6 Å². The first-order chi connectivity index (χ1) is 7.66. The van der Waals surface area contributed by atoms with Crippen molar-refractivity contribution < 1.29 is 9.47 Å². The minimum Gasteiger partial charge on any atom is -0.486 e. The summed E-state index contributed by atoms with van der Waals surface area (Å²) in [5, 5.41) is 0.723. The standard InChI is InChI=1S/C12H14ClNO2/c13-9-6-11-10(15-3-4-16-11)5-8(9)7-12(14)1-2-12/h5-6H,1-4,7,14H2. The van der Waals surface area contributed by atoms with E-state index in [0.29, 0.717) is 13.2 Å². The van der Waals surface area contributed by atoms with Crippen LogP contribution in [0.2, 0.25) is 5.02 Å². The van der Waals surface area contributed by atoms with E-state index in [1.54, 1.807) is 0 Å². The van der Waals surface area contributed by atoms with Crippen LogP contribution in [0.5, 0.6) is 11.5 Å². The third-order valence-electron chi connectivity index (χ3n) is 3.15. The summed E-state index contributed by atoms with van der Waals surface area (Å²) in [7, 11) is 0. The molecular formula is C12H14ClNO2. The van der Waals surface area contributed by atoms with Gasteiger partial charge in [0.2, 0.25) is 0 Å². The highest BCUT2D eigenvalue weighted by Gasteiger charge is 2.38. The third-order valence-corrected chi connectivity index (χ3v) is 3.50. The van der Waals surface area contributed by atoms with Crippen molar-refractivity contribution in [2.75, 3.05) is 13.2 Å². The molecule has 86 valence electrons. The molecule has 0 spiro atoms. The molecule has 4 heteroatoms. The molecule has 16 heavy (non-hydrogen) atoms. The minimum absolute atomic E-state index is 0.0343. The molecule has 2 aliphatic rings. The van der Waals surface area contributed by atoms with Crippen LogP contribution in [0.1, 0.15) is 18.4 Å². The van der Waals surface area contributed by atoms with Crippen molar-refractivity contribution in [1.82, 2.24) is 0 Å². The van der Waals surface area contributed by atoms with Gasteiger partial charge >= 0.3 is 0 Å². The number of hydrogen-bond acceptors (Lipinski definition) is 3. The van der Waals surface area contributed by atoms with Gasteiger partial charge in [0.05, 0.1) is 0 Å². The second kappa shape index (κ2) is 3.54. The van der Waals surface area contributed by atoms with Crippen molar-refractivity contribution in [3.05, 3.63) is 22.7 Å². The van der Waals surface area contributed by atoms with Crippen molar-refractivity contribution in [2.45, 2.75) is 24.8 Å². The first-order valence-electron chi connectivity index (χ1n) is 5.53. The van der Waals surface area contributed by atoms with Crippen LogP contribution < -0.4 is 15.2 Å². The van der Waals surface area contributed by atoms with Crippen LogP contribution >= 0.6 is 11.6 Å². The molecule has 2 N–H and O–H groups in total. The lowest BCUT2D eigenvalue weighted by Crippen LogP contribution is -2.25. The molecule has 0 saturated heterocycles. The molecule has 0 amide bonds. The zero-order chi connectivity index (χ0) is 11.2. The van der Waals surface area contributed by atoms with Gasteiger partial charge in [-0.25, -0.2) is 0 Å². The SMILES string of the molecule is NC1(Cc2cc3c(cc2Cl)OCCO3)CC1. The molecule has 3 rings (SSSR count). The number of fused-ring (bicyclic) bond motifs is 1. The quantitative estimate of drug-likeness (QED) is 0.860. The number of benzene rings is 1. The van der Waals surface area contributed by atoms with Gasteiger partial charge in [-0.2, -0.15) is 0 Å². The highest BCUT2D eigenvalue weighted by Crippen LogP contribution is 2.41. The molecule has 3 nitrogen and oxygen atoms in total. The van der Waals surface area contributed by atoms with E-state index in [1.165, 1.54) is 0 Å². The smallest absolute Gasteiger partial charge is 0.162 e. The molecule has 1 aromatic carbocycles. The van der Waals surface area contributed by atoms with Crippen LogP contribution in [0.3, 0.4) is 0 Å². The van der Waals surface area contributed by atoms with Crippen molar-refractivity contribution in [3.8, 4) is 11.5 Å². The largest absolute Gasteiger partial charge is 0.486 e. The topological polar surface area (TPSA) is 44.5 Å². The Kier molecular flexibility index (Phi) is 2.26. The van der Waals surface area contributed by atoms with Crippen LogP contribution in [0.25, 0.3) is 0 Å². The van der Waals surface area contributed by atoms with Crippen LogP contribution in [0, 0.1) is 0 Å². The molecule has 0 aromatic heterocycles. The van der Waals surface area contributed by atoms with Crippen LogP contribution in [-0.2, 0) is 6.42 Å². The summed E-state index contributed by atoms with van der Waals surface area (Å²) in [6.07, 6.45) is 2.98. The normalized spacial score (nSPS) is 20.6. The van der Waals surface area contributed by atoms with E-state index in [-0.39, 0.29) is 5.54 Å². The minimum atomic E-state index is -0.0343. The Morgan fingerprint density at radius 3 is 2.44 bits per heavy atom. The summed E-state index contributed by atoms with van der Waals surface area (Å²) < 4.78 is 11.0. The fourth-order valence-corrected chi connectivity index (χ4v) is 2.18. The Balaban J connectivity index is 1.92. The number of nitrogens with two attached hydrogens (primary N) is 1. The lowest BCUT2D eigenvalue weighted by molar-refractivity contribution is 0.171. The van der Waals surface area contributed by atoms with Gasteiger partial charge < -0.3 is 15.2 Å². The first kappa shape index (κ1) is 10.2. The molecule has 1 aliphatic carbocycles. The van der Waals surface area contributed by atoms with Gasteiger partial charge in [-0.3, -0.25) is 0 Å². The van der Waals surface area contributed by atoms with E-state index in [0.717, 1.165) is 41.3 Å². The Morgan fingerprint density at radius 2 is 1.81 bits per heavy atom. The summed E-state index contributed by atoms with van der Waals surface area (Å²) in [4.78, 5) is 0. The average molecular weight is 240 g/mol. The molecule has 1 aromatic rings. The highest BCUT2D eigenvalue weighted by atomic mass is 35.5. The van der Waals surface area contributed by atoms with Crippen LogP contribution in [0.15, 0.2) is 12.1 Å². The zero-order valence-corrected chi connectivity index (χ0v) is 9.72. The van der Waals surface area contributed by atoms with Gasteiger partial charge in [-0.15, -0.1) is 0 Å². The average Bonchev–Trinajstić information content (AvgIpc) is 2.97. The monoisotopic (exact) mass is 239 g/mol. The molecule has 1 heterocycles. The predicted octanol–water partition coefficient (Wildman–Crippen LogP) is 2.14. The molecule has 0 atom stereocenters.